The molecule has 0 bridgehead atoms. The fourth-order valence-electron chi connectivity index (χ4n) is 3.48. The molecule has 0 spiro atoms. The molecule has 0 aliphatic carbocycles. The van der Waals surface area contributed by atoms with Gasteiger partial charge >= 0.3 is 5.97 Å². The van der Waals surface area contributed by atoms with Crippen LogP contribution in [0.3, 0.4) is 0 Å². The average Bonchev–Trinajstić information content (AvgIpc) is 3.26. The Labute approximate surface area is 161 Å². The number of benzene rings is 1. The van der Waals surface area contributed by atoms with Crippen molar-refractivity contribution in [1.82, 2.24) is 19.4 Å². The second kappa shape index (κ2) is 7.80. The molecule has 1 atom stereocenters. The van der Waals surface area contributed by atoms with Gasteiger partial charge in [-0.2, -0.15) is 0 Å². The van der Waals surface area contributed by atoms with Gasteiger partial charge in [-0.15, -0.1) is 0 Å². The zero-order chi connectivity index (χ0) is 19.5. The Morgan fingerprint density at radius 2 is 2.11 bits per heavy atom. The number of aromatic nitrogens is 4. The highest BCUT2D eigenvalue weighted by molar-refractivity contribution is 5.75. The number of aromatic amines is 1. The van der Waals surface area contributed by atoms with Crippen LogP contribution in [0.5, 0.6) is 0 Å². The van der Waals surface area contributed by atoms with Gasteiger partial charge in [0.2, 0.25) is 0 Å². The molecule has 3 heterocycles. The minimum atomic E-state index is -0.834. The summed E-state index contributed by atoms with van der Waals surface area (Å²) in [5, 5.41) is 9.55. The van der Waals surface area contributed by atoms with E-state index in [0.29, 0.717) is 29.7 Å². The van der Waals surface area contributed by atoms with Crippen molar-refractivity contribution < 1.29 is 14.3 Å². The van der Waals surface area contributed by atoms with Crippen LogP contribution in [0.25, 0.3) is 16.7 Å². The molecule has 4 aromatic rings. The van der Waals surface area contributed by atoms with Crippen LogP contribution in [0.2, 0.25) is 0 Å². The first-order valence-corrected chi connectivity index (χ1v) is 9.38. The SMILES string of the molecule is O=C(O)[C@H](CCCCc1cn2ccccc2n1)Cc1nc2ccc(F)cc2[nH]1. The van der Waals surface area contributed by atoms with Crippen molar-refractivity contribution in [3.05, 3.63) is 66.1 Å². The number of rotatable bonds is 8. The molecule has 0 radical (unpaired) electrons. The summed E-state index contributed by atoms with van der Waals surface area (Å²) in [7, 11) is 0. The first-order chi connectivity index (χ1) is 13.6. The molecule has 0 amide bonds. The second-order valence-electron chi connectivity index (χ2n) is 7.03. The summed E-state index contributed by atoms with van der Waals surface area (Å²) in [5.74, 6) is -1.12. The number of hydrogen-bond acceptors (Lipinski definition) is 3. The quantitative estimate of drug-likeness (QED) is 0.453. The summed E-state index contributed by atoms with van der Waals surface area (Å²) in [6.07, 6.45) is 7.33. The first-order valence-electron chi connectivity index (χ1n) is 9.38. The zero-order valence-electron chi connectivity index (χ0n) is 15.3. The summed E-state index contributed by atoms with van der Waals surface area (Å²) < 4.78 is 15.3. The van der Waals surface area contributed by atoms with Crippen molar-refractivity contribution in [3.63, 3.8) is 0 Å². The minimum Gasteiger partial charge on any atom is -0.481 e. The largest absolute Gasteiger partial charge is 0.481 e. The molecule has 28 heavy (non-hydrogen) atoms. The number of carboxylic acids is 1. The van der Waals surface area contributed by atoms with Gasteiger partial charge in [-0.3, -0.25) is 4.79 Å². The van der Waals surface area contributed by atoms with E-state index in [9.17, 15) is 14.3 Å². The molecule has 2 N–H and O–H groups in total. The van der Waals surface area contributed by atoms with Crippen LogP contribution >= 0.6 is 0 Å². The van der Waals surface area contributed by atoms with Gasteiger partial charge in [-0.25, -0.2) is 14.4 Å². The number of aliphatic carboxylic acids is 1. The molecule has 7 heteroatoms. The number of nitrogens with one attached hydrogen (secondary N) is 1. The van der Waals surface area contributed by atoms with Crippen molar-refractivity contribution in [2.24, 2.45) is 5.92 Å². The lowest BCUT2D eigenvalue weighted by Gasteiger charge is -2.10. The van der Waals surface area contributed by atoms with E-state index >= 15 is 0 Å². The molecule has 0 unspecified atom stereocenters. The lowest BCUT2D eigenvalue weighted by Crippen LogP contribution is -2.17. The molecular formula is C21H21FN4O2. The number of carboxylic acid groups (broad SMARTS) is 1. The summed E-state index contributed by atoms with van der Waals surface area (Å²) in [5.41, 5.74) is 3.16. The maximum atomic E-state index is 13.3. The lowest BCUT2D eigenvalue weighted by molar-refractivity contribution is -0.142. The minimum absolute atomic E-state index is 0.306. The van der Waals surface area contributed by atoms with Gasteiger partial charge in [0.1, 0.15) is 17.3 Å². The molecule has 1 aromatic carbocycles. The van der Waals surface area contributed by atoms with Gasteiger partial charge in [-0.1, -0.05) is 12.5 Å². The van der Waals surface area contributed by atoms with E-state index in [2.05, 4.69) is 15.0 Å². The van der Waals surface area contributed by atoms with Crippen LogP contribution in [0.15, 0.2) is 48.8 Å². The molecule has 4 rings (SSSR count). The molecule has 144 valence electrons. The lowest BCUT2D eigenvalue weighted by atomic mass is 9.97. The van der Waals surface area contributed by atoms with E-state index in [-0.39, 0.29) is 5.82 Å². The maximum Gasteiger partial charge on any atom is 0.306 e. The Bertz CT molecular complexity index is 1080. The van der Waals surface area contributed by atoms with E-state index < -0.39 is 11.9 Å². The number of nitrogens with zero attached hydrogens (tertiary/aromatic N) is 3. The molecule has 0 aliphatic rings. The van der Waals surface area contributed by atoms with Gasteiger partial charge in [0.05, 0.1) is 22.6 Å². The molecule has 3 aromatic heterocycles. The Kier molecular flexibility index (Phi) is 5.06. The molecule has 0 aliphatic heterocycles. The monoisotopic (exact) mass is 380 g/mol. The zero-order valence-corrected chi connectivity index (χ0v) is 15.3. The predicted molar refractivity (Wildman–Crippen MR) is 104 cm³/mol. The van der Waals surface area contributed by atoms with Crippen molar-refractivity contribution >= 4 is 22.6 Å². The Morgan fingerprint density at radius 1 is 1.21 bits per heavy atom. The third-order valence-electron chi connectivity index (χ3n) is 4.93. The molecule has 0 saturated carbocycles. The number of H-pyrrole nitrogens is 1. The van der Waals surface area contributed by atoms with Gasteiger partial charge in [0.25, 0.3) is 0 Å². The van der Waals surface area contributed by atoms with Gasteiger partial charge in [0, 0.05) is 18.8 Å². The highest BCUT2D eigenvalue weighted by Crippen LogP contribution is 2.19. The predicted octanol–water partition coefficient (Wildman–Crippen LogP) is 4.01. The first kappa shape index (κ1) is 18.2. The van der Waals surface area contributed by atoms with Crippen molar-refractivity contribution in [2.75, 3.05) is 0 Å². The number of carbonyl (C=O) groups is 1. The van der Waals surface area contributed by atoms with E-state index in [0.717, 1.165) is 30.6 Å². The van der Waals surface area contributed by atoms with Crippen molar-refractivity contribution in [2.45, 2.75) is 32.1 Å². The topological polar surface area (TPSA) is 83.3 Å². The average molecular weight is 380 g/mol. The van der Waals surface area contributed by atoms with Crippen LogP contribution in [-0.4, -0.2) is 30.4 Å². The summed E-state index contributed by atoms with van der Waals surface area (Å²) >= 11 is 0. The summed E-state index contributed by atoms with van der Waals surface area (Å²) in [6, 6.07) is 10.2. The van der Waals surface area contributed by atoms with Crippen LogP contribution < -0.4 is 0 Å². The highest BCUT2D eigenvalue weighted by Gasteiger charge is 2.19. The van der Waals surface area contributed by atoms with Gasteiger partial charge < -0.3 is 14.5 Å². The number of fused-ring (bicyclic) bond motifs is 2. The van der Waals surface area contributed by atoms with E-state index in [1.165, 1.54) is 12.1 Å². The fourth-order valence-corrected chi connectivity index (χ4v) is 3.48. The Hall–Kier alpha value is -3.22. The molecule has 0 fully saturated rings. The molecule has 6 nitrogen and oxygen atoms in total. The third kappa shape index (κ3) is 4.03. The molecule has 0 saturated heterocycles. The fraction of sp³-hybridized carbons (Fsp3) is 0.286. The number of imidazole rings is 2. The van der Waals surface area contributed by atoms with E-state index in [1.807, 2.05) is 35.0 Å². The van der Waals surface area contributed by atoms with Gasteiger partial charge in [0.15, 0.2) is 0 Å². The van der Waals surface area contributed by atoms with Crippen LogP contribution in [0.1, 0.15) is 30.8 Å². The summed E-state index contributed by atoms with van der Waals surface area (Å²) in [4.78, 5) is 23.6. The standard InChI is InChI=1S/C21H21FN4O2/c22-15-8-9-17-18(12-15)25-19(24-17)11-14(21(27)28)5-1-2-6-16-13-26-10-4-3-7-20(26)23-16/h3-4,7-10,12-14H,1-2,5-6,11H2,(H,24,25)(H,27,28)/t14-/m1/s1. The van der Waals surface area contributed by atoms with E-state index in [1.54, 1.807) is 6.07 Å². The number of aryl methyl sites for hydroxylation is 1. The second-order valence-corrected chi connectivity index (χ2v) is 7.03. The Balaban J connectivity index is 1.33. The highest BCUT2D eigenvalue weighted by atomic mass is 19.1. The van der Waals surface area contributed by atoms with Crippen LogP contribution in [-0.2, 0) is 17.6 Å². The number of unbranched alkanes of at least 4 members (excludes halogenated alkanes) is 1. The number of hydrogen-bond donors (Lipinski definition) is 2. The number of halogens is 1. The van der Waals surface area contributed by atoms with Crippen molar-refractivity contribution in [3.8, 4) is 0 Å². The maximum absolute atomic E-state index is 13.3. The van der Waals surface area contributed by atoms with Gasteiger partial charge in [-0.05, 0) is 49.6 Å². The third-order valence-corrected chi connectivity index (χ3v) is 4.93. The Morgan fingerprint density at radius 3 is 2.93 bits per heavy atom. The van der Waals surface area contributed by atoms with Crippen LogP contribution in [0.4, 0.5) is 4.39 Å². The molecular weight excluding hydrogens is 359 g/mol. The smallest absolute Gasteiger partial charge is 0.306 e. The van der Waals surface area contributed by atoms with Crippen molar-refractivity contribution in [1.29, 1.82) is 0 Å². The summed E-state index contributed by atoms with van der Waals surface area (Å²) in [6.45, 7) is 0. The van der Waals surface area contributed by atoms with E-state index in [4.69, 9.17) is 0 Å². The number of pyridine rings is 1. The van der Waals surface area contributed by atoms with Crippen LogP contribution in [0, 0.1) is 11.7 Å². The normalized spacial score (nSPS) is 12.6.